The van der Waals surface area contributed by atoms with E-state index in [0.29, 0.717) is 24.4 Å². The molecule has 8 N–H and O–H groups in total. The molecule has 150 valence electrons. The predicted octanol–water partition coefficient (Wildman–Crippen LogP) is 1.36. The maximum Gasteiger partial charge on any atom is 0.341 e. The number of hydrogen-bond donors (Lipinski definition) is 7. The van der Waals surface area contributed by atoms with Crippen LogP contribution in [0.25, 0.3) is 0 Å². The van der Waals surface area contributed by atoms with Gasteiger partial charge in [-0.15, -0.1) is 0 Å². The number of hydroxylamine groups is 2. The first-order valence-electron chi connectivity index (χ1n) is 8.08. The van der Waals surface area contributed by atoms with Crippen molar-refractivity contribution in [3.8, 4) is 17.2 Å². The number of phenolic OH excluding ortho intramolecular Hbond substituents is 3. The van der Waals surface area contributed by atoms with Crippen molar-refractivity contribution in [2.45, 2.75) is 12.8 Å². The summed E-state index contributed by atoms with van der Waals surface area (Å²) in [6, 6.07) is 11.1. The minimum atomic E-state index is -4.22. The SMILES string of the molecule is NCCc1ccc(O)c(O)c1.O=P(O)(O)CN(O)CCc1ccc(O)cc1. The van der Waals surface area contributed by atoms with Crippen molar-refractivity contribution in [2.24, 2.45) is 5.73 Å². The number of rotatable bonds is 7. The third-order valence-electron chi connectivity index (χ3n) is 3.42. The molecule has 0 heterocycles. The van der Waals surface area contributed by atoms with Gasteiger partial charge in [-0.1, -0.05) is 18.2 Å². The summed E-state index contributed by atoms with van der Waals surface area (Å²) in [7, 11) is -4.22. The quantitative estimate of drug-likeness (QED) is 0.206. The fourth-order valence-electron chi connectivity index (χ4n) is 2.10. The van der Waals surface area contributed by atoms with Crippen molar-refractivity contribution in [3.63, 3.8) is 0 Å². The number of nitrogens with zero attached hydrogens (tertiary/aromatic N) is 1. The molecule has 0 fully saturated rings. The molecular formula is C17H25N2O7P. The van der Waals surface area contributed by atoms with Gasteiger partial charge in [0.15, 0.2) is 11.5 Å². The fourth-order valence-corrected chi connectivity index (χ4v) is 2.66. The second kappa shape index (κ2) is 10.9. The molecule has 27 heavy (non-hydrogen) atoms. The zero-order valence-electron chi connectivity index (χ0n) is 14.6. The van der Waals surface area contributed by atoms with Crippen LogP contribution in [-0.2, 0) is 17.4 Å². The van der Waals surface area contributed by atoms with Crippen LogP contribution in [0.4, 0.5) is 0 Å². The molecule has 2 aromatic rings. The van der Waals surface area contributed by atoms with Gasteiger partial charge >= 0.3 is 7.60 Å². The van der Waals surface area contributed by atoms with E-state index in [0.717, 1.165) is 11.1 Å². The molecule has 0 unspecified atom stereocenters. The number of hydrogen-bond acceptors (Lipinski definition) is 7. The summed E-state index contributed by atoms with van der Waals surface area (Å²) >= 11 is 0. The van der Waals surface area contributed by atoms with Crippen LogP contribution in [0.1, 0.15) is 11.1 Å². The highest BCUT2D eigenvalue weighted by Crippen LogP contribution is 2.34. The Morgan fingerprint density at radius 1 is 0.889 bits per heavy atom. The number of nitrogens with two attached hydrogens (primary N) is 1. The maximum absolute atomic E-state index is 10.6. The van der Waals surface area contributed by atoms with E-state index >= 15 is 0 Å². The highest BCUT2D eigenvalue weighted by Gasteiger charge is 2.17. The molecule has 2 rings (SSSR count). The van der Waals surface area contributed by atoms with Crippen LogP contribution < -0.4 is 5.73 Å². The third-order valence-corrected chi connectivity index (χ3v) is 4.11. The van der Waals surface area contributed by atoms with Crippen molar-refractivity contribution >= 4 is 7.60 Å². The molecular weight excluding hydrogens is 375 g/mol. The molecule has 0 radical (unpaired) electrons. The molecule has 10 heteroatoms. The van der Waals surface area contributed by atoms with Crippen LogP contribution in [0, 0.1) is 0 Å². The Hall–Kier alpha value is -2.13. The van der Waals surface area contributed by atoms with E-state index in [1.807, 2.05) is 0 Å². The zero-order valence-corrected chi connectivity index (χ0v) is 15.5. The number of aromatic hydroxyl groups is 3. The number of benzene rings is 2. The minimum Gasteiger partial charge on any atom is -0.508 e. The van der Waals surface area contributed by atoms with E-state index in [-0.39, 0.29) is 23.8 Å². The number of phenols is 3. The Balaban J connectivity index is 0.000000289. The van der Waals surface area contributed by atoms with E-state index in [2.05, 4.69) is 0 Å². The highest BCUT2D eigenvalue weighted by atomic mass is 31.2. The van der Waals surface area contributed by atoms with Gasteiger partial charge in [0.2, 0.25) is 0 Å². The molecule has 0 spiro atoms. The smallest absolute Gasteiger partial charge is 0.341 e. The van der Waals surface area contributed by atoms with Crippen LogP contribution in [0.3, 0.4) is 0 Å². The van der Waals surface area contributed by atoms with Crippen LogP contribution in [-0.4, -0.2) is 54.8 Å². The van der Waals surface area contributed by atoms with Gasteiger partial charge in [0.05, 0.1) is 0 Å². The lowest BCUT2D eigenvalue weighted by atomic mass is 10.1. The third kappa shape index (κ3) is 9.95. The van der Waals surface area contributed by atoms with Crippen LogP contribution in [0.2, 0.25) is 0 Å². The van der Waals surface area contributed by atoms with Crippen molar-refractivity contribution in [1.82, 2.24) is 5.06 Å². The lowest BCUT2D eigenvalue weighted by molar-refractivity contribution is -0.0760. The van der Waals surface area contributed by atoms with E-state index in [1.54, 1.807) is 18.2 Å². The van der Waals surface area contributed by atoms with Gasteiger partial charge in [0.1, 0.15) is 12.0 Å². The van der Waals surface area contributed by atoms with Crippen LogP contribution in [0.5, 0.6) is 17.2 Å². The van der Waals surface area contributed by atoms with Gasteiger partial charge in [0.25, 0.3) is 0 Å². The van der Waals surface area contributed by atoms with E-state index < -0.39 is 13.9 Å². The van der Waals surface area contributed by atoms with Gasteiger partial charge in [0, 0.05) is 6.54 Å². The summed E-state index contributed by atoms with van der Waals surface area (Å²) in [6.07, 6.45) is 0.482. The topological polar surface area (TPSA) is 168 Å². The van der Waals surface area contributed by atoms with Gasteiger partial charge < -0.3 is 36.0 Å². The Morgan fingerprint density at radius 2 is 1.48 bits per heavy atom. The monoisotopic (exact) mass is 400 g/mol. The maximum atomic E-state index is 10.6. The lowest BCUT2D eigenvalue weighted by Crippen LogP contribution is -2.23. The van der Waals surface area contributed by atoms with E-state index in [9.17, 15) is 9.77 Å². The summed E-state index contributed by atoms with van der Waals surface area (Å²) < 4.78 is 10.6. The predicted molar refractivity (Wildman–Crippen MR) is 99.7 cm³/mol. The largest absolute Gasteiger partial charge is 0.508 e. The summed E-state index contributed by atoms with van der Waals surface area (Å²) in [5.74, 6) is -0.0263. The molecule has 0 atom stereocenters. The first-order chi connectivity index (χ1) is 12.6. The molecule has 0 bridgehead atoms. The van der Waals surface area contributed by atoms with Gasteiger partial charge in [-0.05, 0) is 54.8 Å². The average Bonchev–Trinajstić information content (AvgIpc) is 2.57. The second-order valence-corrected chi connectivity index (χ2v) is 7.43. The van der Waals surface area contributed by atoms with Gasteiger partial charge in [-0.2, -0.15) is 5.06 Å². The molecule has 0 aliphatic rings. The van der Waals surface area contributed by atoms with Gasteiger partial charge in [-0.25, -0.2) is 0 Å². The van der Waals surface area contributed by atoms with Crippen molar-refractivity contribution in [1.29, 1.82) is 0 Å². The van der Waals surface area contributed by atoms with Crippen molar-refractivity contribution in [3.05, 3.63) is 53.6 Å². The molecule has 0 saturated carbocycles. The molecule has 9 nitrogen and oxygen atoms in total. The minimum absolute atomic E-state index is 0.0871. The molecule has 2 aromatic carbocycles. The zero-order chi connectivity index (χ0) is 20.4. The summed E-state index contributed by atoms with van der Waals surface area (Å²) in [4.78, 5) is 17.2. The van der Waals surface area contributed by atoms with Gasteiger partial charge in [-0.3, -0.25) is 4.57 Å². The first kappa shape index (κ1) is 22.9. The summed E-state index contributed by atoms with van der Waals surface area (Å²) in [5, 5.41) is 36.8. The van der Waals surface area contributed by atoms with E-state index in [4.69, 9.17) is 30.8 Å². The van der Waals surface area contributed by atoms with Crippen LogP contribution >= 0.6 is 7.60 Å². The summed E-state index contributed by atoms with van der Waals surface area (Å²) in [5.41, 5.74) is 7.10. The fraction of sp³-hybridized carbons (Fsp3) is 0.294. The Bertz CT molecular complexity index is 749. The summed E-state index contributed by atoms with van der Waals surface area (Å²) in [6.45, 7) is 0.667. The highest BCUT2D eigenvalue weighted by molar-refractivity contribution is 7.51. The molecule has 0 aliphatic carbocycles. The standard InChI is InChI=1S/C9H14NO5P.C8H11NO2/c11-9-3-1-8(2-4-9)5-6-10(12)7-16(13,14)15;9-4-3-6-1-2-7(10)8(11)5-6/h1-4,11-12H,5-7H2,(H2,13,14,15);1-2,5,10-11H,3-4,9H2. The molecule has 0 saturated heterocycles. The van der Waals surface area contributed by atoms with Crippen molar-refractivity contribution in [2.75, 3.05) is 19.4 Å². The molecule has 0 amide bonds. The Morgan fingerprint density at radius 3 is 2.00 bits per heavy atom. The second-order valence-electron chi connectivity index (χ2n) is 5.81. The molecule has 0 aliphatic heterocycles. The Labute approximate surface area is 157 Å². The normalized spacial score (nSPS) is 11.1. The average molecular weight is 400 g/mol. The lowest BCUT2D eigenvalue weighted by Gasteiger charge is -2.15. The van der Waals surface area contributed by atoms with E-state index in [1.165, 1.54) is 24.3 Å². The van der Waals surface area contributed by atoms with Crippen LogP contribution in [0.15, 0.2) is 42.5 Å². The first-order valence-corrected chi connectivity index (χ1v) is 9.87. The van der Waals surface area contributed by atoms with Crippen molar-refractivity contribution < 1.29 is 34.9 Å². The molecule has 0 aromatic heterocycles. The Kier molecular flexibility index (Phi) is 9.23.